The predicted molar refractivity (Wildman–Crippen MR) is 153 cm³/mol. The fourth-order valence-corrected chi connectivity index (χ4v) is 7.19. The van der Waals surface area contributed by atoms with E-state index in [1.807, 2.05) is 26.0 Å². The molecule has 5 rings (SSSR count). The van der Waals surface area contributed by atoms with Crippen molar-refractivity contribution in [2.24, 2.45) is 0 Å². The largest absolute Gasteiger partial charge is 0.444 e. The van der Waals surface area contributed by atoms with E-state index < -0.39 is 34.1 Å². The SMILES string of the molecule is C[C@@H]1CN(c2nc(=O)n3c4c(c(Cl)c(C(F)(F)F)cc24)SC[C@H](c2ccccn2)C3)C[C@H](C)N1C(=O)OC(C)(C)C. The third-order valence-corrected chi connectivity index (χ3v) is 8.96. The van der Waals surface area contributed by atoms with Crippen molar-refractivity contribution >= 4 is 46.2 Å². The Kier molecular flexibility index (Phi) is 7.69. The number of pyridine rings is 1. The average Bonchev–Trinajstić information content (AvgIpc) is 3.07. The fraction of sp³-hybridized carbons (Fsp3) is 0.500. The molecule has 8 nitrogen and oxygen atoms in total. The molecule has 1 fully saturated rings. The van der Waals surface area contributed by atoms with Crippen LogP contribution in [0.3, 0.4) is 0 Å². The van der Waals surface area contributed by atoms with Crippen LogP contribution in [-0.2, 0) is 17.5 Å². The van der Waals surface area contributed by atoms with Crippen LogP contribution in [0.1, 0.15) is 51.8 Å². The lowest BCUT2D eigenvalue weighted by Gasteiger charge is -2.45. The lowest BCUT2D eigenvalue weighted by atomic mass is 10.0. The first-order valence-electron chi connectivity index (χ1n) is 13.3. The molecule has 0 unspecified atom stereocenters. The van der Waals surface area contributed by atoms with Crippen LogP contribution in [-0.4, -0.2) is 62.1 Å². The Hall–Kier alpha value is -2.99. The molecule has 3 aromatic rings. The number of hydrogen-bond donors (Lipinski definition) is 0. The number of nitrogens with zero attached hydrogens (tertiary/aromatic N) is 5. The van der Waals surface area contributed by atoms with Gasteiger partial charge in [0, 0.05) is 48.6 Å². The van der Waals surface area contributed by atoms with Crippen LogP contribution in [0.5, 0.6) is 0 Å². The third-order valence-electron chi connectivity index (χ3n) is 7.20. The smallest absolute Gasteiger partial charge is 0.417 e. The number of aromatic nitrogens is 3. The molecule has 4 heterocycles. The molecular formula is C28H31ClF3N5O3S. The van der Waals surface area contributed by atoms with Gasteiger partial charge in [-0.2, -0.15) is 18.2 Å². The van der Waals surface area contributed by atoms with Crippen molar-refractivity contribution in [3.63, 3.8) is 0 Å². The molecule has 41 heavy (non-hydrogen) atoms. The fourth-order valence-electron chi connectivity index (χ4n) is 5.54. The van der Waals surface area contributed by atoms with Crippen molar-refractivity contribution < 1.29 is 22.7 Å². The van der Waals surface area contributed by atoms with Gasteiger partial charge < -0.3 is 9.64 Å². The molecule has 2 aromatic heterocycles. The van der Waals surface area contributed by atoms with Gasteiger partial charge in [-0.25, -0.2) is 9.59 Å². The quantitative estimate of drug-likeness (QED) is 0.343. The van der Waals surface area contributed by atoms with Gasteiger partial charge in [-0.1, -0.05) is 17.7 Å². The minimum atomic E-state index is -4.72. The van der Waals surface area contributed by atoms with Crippen molar-refractivity contribution in [2.45, 2.75) is 75.8 Å². The standard InChI is InChI=1S/C28H31ClF3N5O3S/c1-15-11-35(12-16(2)37(15)26(39)40-27(3,4)5)24-18-10-19(28(30,31)32)21(29)23-22(18)36(25(38)34-24)13-17(14-41-23)20-8-6-7-9-33-20/h6-10,15-17H,11-14H2,1-5H3/t15-,16+,17-/m1/s1. The van der Waals surface area contributed by atoms with Gasteiger partial charge >= 0.3 is 18.0 Å². The van der Waals surface area contributed by atoms with Crippen LogP contribution in [0, 0.1) is 0 Å². The highest BCUT2D eigenvalue weighted by atomic mass is 35.5. The summed E-state index contributed by atoms with van der Waals surface area (Å²) >= 11 is 7.61. The minimum Gasteiger partial charge on any atom is -0.444 e. The molecule has 1 saturated heterocycles. The highest BCUT2D eigenvalue weighted by molar-refractivity contribution is 7.99. The van der Waals surface area contributed by atoms with Crippen LogP contribution in [0.25, 0.3) is 10.9 Å². The van der Waals surface area contributed by atoms with Gasteiger partial charge in [-0.15, -0.1) is 11.8 Å². The zero-order valence-corrected chi connectivity index (χ0v) is 24.9. The Labute approximate surface area is 244 Å². The second kappa shape index (κ2) is 10.7. The second-order valence-electron chi connectivity index (χ2n) is 11.5. The summed E-state index contributed by atoms with van der Waals surface area (Å²) in [4.78, 5) is 38.9. The zero-order valence-electron chi connectivity index (χ0n) is 23.3. The van der Waals surface area contributed by atoms with Gasteiger partial charge in [0.15, 0.2) is 0 Å². The molecule has 0 N–H and O–H groups in total. The zero-order chi connectivity index (χ0) is 29.9. The first-order valence-corrected chi connectivity index (χ1v) is 14.7. The summed E-state index contributed by atoms with van der Waals surface area (Å²) in [5.74, 6) is 0.278. The molecule has 3 atom stereocenters. The van der Waals surface area contributed by atoms with Crippen LogP contribution >= 0.6 is 23.4 Å². The lowest BCUT2D eigenvalue weighted by Crippen LogP contribution is -2.59. The van der Waals surface area contributed by atoms with Gasteiger partial charge in [-0.05, 0) is 52.8 Å². The highest BCUT2D eigenvalue weighted by Crippen LogP contribution is 2.47. The van der Waals surface area contributed by atoms with E-state index in [1.54, 1.807) is 42.8 Å². The van der Waals surface area contributed by atoms with E-state index in [2.05, 4.69) is 9.97 Å². The predicted octanol–water partition coefficient (Wildman–Crippen LogP) is 6.19. The van der Waals surface area contributed by atoms with Crippen LogP contribution in [0.2, 0.25) is 5.02 Å². The number of ether oxygens (including phenoxy) is 1. The normalized spacial score (nSPS) is 21.6. The number of rotatable bonds is 2. The molecule has 0 saturated carbocycles. The van der Waals surface area contributed by atoms with E-state index in [1.165, 1.54) is 16.3 Å². The van der Waals surface area contributed by atoms with Crippen molar-refractivity contribution in [1.82, 2.24) is 19.4 Å². The van der Waals surface area contributed by atoms with Crippen molar-refractivity contribution in [3.05, 3.63) is 57.2 Å². The number of alkyl halides is 3. The minimum absolute atomic E-state index is 0.143. The lowest BCUT2D eigenvalue weighted by molar-refractivity contribution is -0.137. The Bertz CT molecular complexity index is 1530. The number of thioether (sulfide) groups is 1. The summed E-state index contributed by atoms with van der Waals surface area (Å²) in [5.41, 5.74) is -1.19. The van der Waals surface area contributed by atoms with E-state index in [0.717, 1.165) is 11.8 Å². The van der Waals surface area contributed by atoms with Gasteiger partial charge in [0.25, 0.3) is 0 Å². The Morgan fingerprint density at radius 3 is 2.39 bits per heavy atom. The molecular weight excluding hydrogens is 579 g/mol. The van der Waals surface area contributed by atoms with E-state index >= 15 is 0 Å². The summed E-state index contributed by atoms with van der Waals surface area (Å²) in [6, 6.07) is 5.72. The number of hydrogen-bond acceptors (Lipinski definition) is 7. The van der Waals surface area contributed by atoms with E-state index in [9.17, 15) is 22.8 Å². The molecule has 0 bridgehead atoms. The molecule has 1 aromatic carbocycles. The number of carbonyl (C=O) groups excluding carboxylic acids is 1. The molecule has 0 radical (unpaired) electrons. The summed E-state index contributed by atoms with van der Waals surface area (Å²) in [7, 11) is 0. The molecule has 1 amide bonds. The van der Waals surface area contributed by atoms with Crippen molar-refractivity contribution in [3.8, 4) is 0 Å². The number of amides is 1. The van der Waals surface area contributed by atoms with E-state index in [0.29, 0.717) is 11.3 Å². The second-order valence-corrected chi connectivity index (χ2v) is 13.0. The third kappa shape index (κ3) is 5.73. The summed E-state index contributed by atoms with van der Waals surface area (Å²) < 4.78 is 49.7. The average molecular weight is 610 g/mol. The van der Waals surface area contributed by atoms with Crippen LogP contribution in [0.4, 0.5) is 23.8 Å². The molecule has 220 valence electrons. The topological polar surface area (TPSA) is 80.6 Å². The summed E-state index contributed by atoms with van der Waals surface area (Å²) in [5, 5.41) is -0.242. The maximum atomic E-state index is 14.2. The molecule has 0 aliphatic carbocycles. The Morgan fingerprint density at radius 2 is 1.80 bits per heavy atom. The van der Waals surface area contributed by atoms with E-state index in [4.69, 9.17) is 16.3 Å². The van der Waals surface area contributed by atoms with Crippen LogP contribution < -0.4 is 10.6 Å². The first kappa shape index (κ1) is 29.5. The van der Waals surface area contributed by atoms with Gasteiger partial charge in [0.2, 0.25) is 0 Å². The molecule has 0 spiro atoms. The van der Waals surface area contributed by atoms with Gasteiger partial charge in [0.05, 0.1) is 33.1 Å². The van der Waals surface area contributed by atoms with Gasteiger partial charge in [0.1, 0.15) is 11.4 Å². The number of halogens is 4. The molecule has 2 aliphatic heterocycles. The van der Waals surface area contributed by atoms with Gasteiger partial charge in [-0.3, -0.25) is 14.5 Å². The molecule has 2 aliphatic rings. The number of carbonyl (C=O) groups is 1. The monoisotopic (exact) mass is 609 g/mol. The van der Waals surface area contributed by atoms with E-state index in [-0.39, 0.29) is 53.7 Å². The molecule has 13 heteroatoms. The summed E-state index contributed by atoms with van der Waals surface area (Å²) in [6.07, 6.45) is -3.55. The summed E-state index contributed by atoms with van der Waals surface area (Å²) in [6.45, 7) is 9.71. The van der Waals surface area contributed by atoms with Crippen molar-refractivity contribution in [1.29, 1.82) is 0 Å². The Balaban J connectivity index is 1.63. The van der Waals surface area contributed by atoms with Crippen LogP contribution in [0.15, 0.2) is 40.2 Å². The van der Waals surface area contributed by atoms with Crippen molar-refractivity contribution in [2.75, 3.05) is 23.7 Å². The first-order chi connectivity index (χ1) is 19.2. The number of benzene rings is 1. The maximum Gasteiger partial charge on any atom is 0.417 e. The number of piperazine rings is 1. The highest BCUT2D eigenvalue weighted by Gasteiger charge is 2.40. The number of anilines is 1. The maximum absolute atomic E-state index is 14.2. The Morgan fingerprint density at radius 1 is 1.12 bits per heavy atom.